The molecule has 0 aromatic carbocycles. The van der Waals surface area contributed by atoms with E-state index in [1.807, 2.05) is 0 Å². The van der Waals surface area contributed by atoms with Gasteiger partial charge in [0, 0.05) is 0 Å². The molecule has 0 radical (unpaired) electrons. The zero-order valence-electron chi connectivity index (χ0n) is 17.9. The second-order valence-electron chi connectivity index (χ2n) is 8.49. The van der Waals surface area contributed by atoms with Gasteiger partial charge in [0.1, 0.15) is 0 Å². The highest BCUT2D eigenvalue weighted by molar-refractivity contribution is 5.94. The van der Waals surface area contributed by atoms with E-state index in [9.17, 15) is 9.59 Å². The van der Waals surface area contributed by atoms with Crippen LogP contribution >= 0.6 is 0 Å². The molecule has 1 saturated heterocycles. The number of esters is 2. The molecule has 0 saturated carbocycles. The fourth-order valence-corrected chi connectivity index (χ4v) is 4.03. The van der Waals surface area contributed by atoms with Crippen molar-refractivity contribution in [3.05, 3.63) is 0 Å². The highest BCUT2D eigenvalue weighted by Crippen LogP contribution is 2.22. The standard InChI is InChI=1S/C24H44O3/c1-2-3-4-5-6-7-8-9-10-11-12-13-14-15-16-17-18-19-20-22-21-23(25)27-24(22)26/h22H,2-21H2,1H3/t22-/m1/s1. The van der Waals surface area contributed by atoms with Crippen molar-refractivity contribution >= 4 is 11.9 Å². The molecule has 1 fully saturated rings. The third-order valence-corrected chi connectivity index (χ3v) is 5.87. The Hall–Kier alpha value is -0.860. The number of carbonyl (C=O) groups excluding carboxylic acids is 2. The summed E-state index contributed by atoms with van der Waals surface area (Å²) < 4.78 is 4.58. The van der Waals surface area contributed by atoms with Crippen molar-refractivity contribution in [2.75, 3.05) is 0 Å². The minimum Gasteiger partial charge on any atom is -0.393 e. The fraction of sp³-hybridized carbons (Fsp3) is 0.917. The van der Waals surface area contributed by atoms with Crippen molar-refractivity contribution < 1.29 is 14.3 Å². The molecule has 1 rings (SSSR count). The summed E-state index contributed by atoms with van der Waals surface area (Å²) in [5, 5.41) is 0. The number of carbonyl (C=O) groups is 2. The zero-order chi connectivity index (χ0) is 19.6. The molecule has 0 spiro atoms. The molecule has 0 N–H and O–H groups in total. The van der Waals surface area contributed by atoms with Crippen LogP contribution in [-0.4, -0.2) is 11.9 Å². The lowest BCUT2D eigenvalue weighted by Gasteiger charge is -2.05. The summed E-state index contributed by atoms with van der Waals surface area (Å²) in [7, 11) is 0. The van der Waals surface area contributed by atoms with Gasteiger partial charge in [-0.05, 0) is 6.42 Å². The van der Waals surface area contributed by atoms with E-state index in [0.717, 1.165) is 12.8 Å². The minimum atomic E-state index is -0.340. The first-order valence-corrected chi connectivity index (χ1v) is 12.0. The quantitative estimate of drug-likeness (QED) is 0.132. The molecule has 0 aromatic heterocycles. The van der Waals surface area contributed by atoms with E-state index >= 15 is 0 Å². The normalized spacial score (nSPS) is 16.9. The number of unbranched alkanes of at least 4 members (excludes halogenated alkanes) is 17. The third-order valence-electron chi connectivity index (χ3n) is 5.87. The summed E-state index contributed by atoms with van der Waals surface area (Å²) in [6.45, 7) is 2.28. The molecule has 3 nitrogen and oxygen atoms in total. The Kier molecular flexibility index (Phi) is 15.4. The maximum Gasteiger partial charge on any atom is 0.317 e. The van der Waals surface area contributed by atoms with Gasteiger partial charge in [-0.2, -0.15) is 0 Å². The Morgan fingerprint density at radius 3 is 1.33 bits per heavy atom. The average Bonchev–Trinajstić information content (AvgIpc) is 2.98. The maximum atomic E-state index is 11.4. The first-order chi connectivity index (χ1) is 13.2. The monoisotopic (exact) mass is 380 g/mol. The summed E-state index contributed by atoms with van der Waals surface area (Å²) in [6.07, 6.45) is 25.7. The maximum absolute atomic E-state index is 11.4. The van der Waals surface area contributed by atoms with Crippen LogP contribution in [0.25, 0.3) is 0 Å². The molecule has 27 heavy (non-hydrogen) atoms. The second kappa shape index (κ2) is 17.3. The summed E-state index contributed by atoms with van der Waals surface area (Å²) in [6, 6.07) is 0. The molecule has 0 aromatic rings. The lowest BCUT2D eigenvalue weighted by Crippen LogP contribution is -2.06. The molecular weight excluding hydrogens is 336 g/mol. The van der Waals surface area contributed by atoms with Crippen molar-refractivity contribution in [2.24, 2.45) is 5.92 Å². The number of ether oxygens (including phenoxy) is 1. The van der Waals surface area contributed by atoms with Gasteiger partial charge in [-0.1, -0.05) is 122 Å². The highest BCUT2D eigenvalue weighted by atomic mass is 16.6. The molecule has 3 heteroatoms. The molecule has 1 atom stereocenters. The summed E-state index contributed by atoms with van der Waals surface area (Å²) >= 11 is 0. The minimum absolute atomic E-state index is 0.154. The van der Waals surface area contributed by atoms with Gasteiger partial charge in [0.15, 0.2) is 0 Å². The Bertz CT molecular complexity index is 378. The van der Waals surface area contributed by atoms with Crippen LogP contribution in [0.5, 0.6) is 0 Å². The van der Waals surface area contributed by atoms with Crippen LogP contribution < -0.4 is 0 Å². The molecule has 158 valence electrons. The average molecular weight is 381 g/mol. The molecule has 0 aliphatic carbocycles. The van der Waals surface area contributed by atoms with E-state index in [0.29, 0.717) is 6.42 Å². The van der Waals surface area contributed by atoms with Crippen LogP contribution in [0, 0.1) is 5.92 Å². The van der Waals surface area contributed by atoms with E-state index < -0.39 is 0 Å². The largest absolute Gasteiger partial charge is 0.393 e. The molecule has 1 aliphatic heterocycles. The Labute approximate surface area is 168 Å². The summed E-state index contributed by atoms with van der Waals surface area (Å²) in [5.41, 5.74) is 0. The van der Waals surface area contributed by atoms with Gasteiger partial charge in [-0.3, -0.25) is 9.59 Å². The molecule has 1 heterocycles. The van der Waals surface area contributed by atoms with Gasteiger partial charge in [0.25, 0.3) is 0 Å². The predicted octanol–water partition coefficient (Wildman–Crippen LogP) is 7.51. The van der Waals surface area contributed by atoms with E-state index in [4.69, 9.17) is 0 Å². The molecular formula is C24H44O3. The van der Waals surface area contributed by atoms with Crippen LogP contribution in [-0.2, 0) is 14.3 Å². The molecule has 1 aliphatic rings. The van der Waals surface area contributed by atoms with Gasteiger partial charge in [-0.25, -0.2) is 0 Å². The van der Waals surface area contributed by atoms with Crippen molar-refractivity contribution in [3.8, 4) is 0 Å². The van der Waals surface area contributed by atoms with Gasteiger partial charge in [-0.15, -0.1) is 0 Å². The first-order valence-electron chi connectivity index (χ1n) is 12.0. The molecule has 0 bridgehead atoms. The smallest absolute Gasteiger partial charge is 0.317 e. The van der Waals surface area contributed by atoms with Gasteiger partial charge >= 0.3 is 11.9 Å². The lowest BCUT2D eigenvalue weighted by molar-refractivity contribution is -0.153. The fourth-order valence-electron chi connectivity index (χ4n) is 4.03. The predicted molar refractivity (Wildman–Crippen MR) is 113 cm³/mol. The van der Waals surface area contributed by atoms with Crippen molar-refractivity contribution in [2.45, 2.75) is 135 Å². The van der Waals surface area contributed by atoms with E-state index in [-0.39, 0.29) is 17.9 Å². The molecule has 0 amide bonds. The Balaban J connectivity index is 1.70. The van der Waals surface area contributed by atoms with E-state index in [1.165, 1.54) is 109 Å². The second-order valence-corrected chi connectivity index (χ2v) is 8.49. The van der Waals surface area contributed by atoms with Crippen molar-refractivity contribution in [1.82, 2.24) is 0 Å². The van der Waals surface area contributed by atoms with Crippen LogP contribution in [0.2, 0.25) is 0 Å². The highest BCUT2D eigenvalue weighted by Gasteiger charge is 2.32. The van der Waals surface area contributed by atoms with Crippen molar-refractivity contribution in [3.63, 3.8) is 0 Å². The van der Waals surface area contributed by atoms with Crippen LogP contribution in [0.1, 0.15) is 135 Å². The SMILES string of the molecule is CCCCCCCCCCCCCCCCCCCC[C@@H]1CC(=O)OC1=O. The van der Waals surface area contributed by atoms with Crippen LogP contribution in [0.15, 0.2) is 0 Å². The first kappa shape index (κ1) is 24.2. The van der Waals surface area contributed by atoms with Gasteiger partial charge < -0.3 is 4.74 Å². The third kappa shape index (κ3) is 13.9. The van der Waals surface area contributed by atoms with Crippen LogP contribution in [0.4, 0.5) is 0 Å². The summed E-state index contributed by atoms with van der Waals surface area (Å²) in [5.74, 6) is -0.794. The lowest BCUT2D eigenvalue weighted by atomic mass is 9.98. The van der Waals surface area contributed by atoms with Crippen molar-refractivity contribution in [1.29, 1.82) is 0 Å². The molecule has 0 unspecified atom stereocenters. The van der Waals surface area contributed by atoms with Crippen LogP contribution in [0.3, 0.4) is 0 Å². The Morgan fingerprint density at radius 2 is 1.00 bits per heavy atom. The van der Waals surface area contributed by atoms with Gasteiger partial charge in [0.2, 0.25) is 0 Å². The van der Waals surface area contributed by atoms with E-state index in [1.54, 1.807) is 0 Å². The Morgan fingerprint density at radius 1 is 0.630 bits per heavy atom. The van der Waals surface area contributed by atoms with Gasteiger partial charge in [0.05, 0.1) is 12.3 Å². The number of hydrogen-bond donors (Lipinski definition) is 0. The summed E-state index contributed by atoms with van der Waals surface area (Å²) in [4.78, 5) is 22.4. The number of hydrogen-bond acceptors (Lipinski definition) is 3. The number of cyclic esters (lactones) is 2. The topological polar surface area (TPSA) is 43.4 Å². The van der Waals surface area contributed by atoms with E-state index in [2.05, 4.69) is 11.7 Å². The zero-order valence-corrected chi connectivity index (χ0v) is 17.9. The number of rotatable bonds is 19.